The van der Waals surface area contributed by atoms with E-state index in [1.165, 1.54) is 12.8 Å². The molecule has 0 atom stereocenters. The van der Waals surface area contributed by atoms with Crippen LogP contribution in [0.15, 0.2) is 12.3 Å². The van der Waals surface area contributed by atoms with Gasteiger partial charge >= 0.3 is 5.97 Å². The zero-order chi connectivity index (χ0) is 13.0. The van der Waals surface area contributed by atoms with Crippen molar-refractivity contribution in [3.8, 4) is 0 Å². The lowest BCUT2D eigenvalue weighted by Crippen LogP contribution is -2.31. The molecule has 4 heteroatoms. The molecule has 0 unspecified atom stereocenters. The van der Waals surface area contributed by atoms with Crippen molar-refractivity contribution in [3.05, 3.63) is 18.0 Å². The second-order valence-electron chi connectivity index (χ2n) is 5.45. The van der Waals surface area contributed by atoms with Gasteiger partial charge in [-0.25, -0.2) is 0 Å². The quantitative estimate of drug-likeness (QED) is 0.836. The minimum absolute atomic E-state index is 0.499. The summed E-state index contributed by atoms with van der Waals surface area (Å²) in [6, 6.07) is 1.98. The van der Waals surface area contributed by atoms with E-state index >= 15 is 0 Å². The van der Waals surface area contributed by atoms with Gasteiger partial charge in [0, 0.05) is 18.9 Å². The van der Waals surface area contributed by atoms with Crippen molar-refractivity contribution in [1.82, 2.24) is 9.78 Å². The molecule has 1 aromatic heterocycles. The van der Waals surface area contributed by atoms with E-state index in [1.807, 2.05) is 17.8 Å². The number of nitrogens with zero attached hydrogens (tertiary/aromatic N) is 2. The molecule has 1 aliphatic carbocycles. The Morgan fingerprint density at radius 2 is 2.06 bits per heavy atom. The van der Waals surface area contributed by atoms with Crippen LogP contribution in [0.1, 0.15) is 50.6 Å². The van der Waals surface area contributed by atoms with Gasteiger partial charge in [0.15, 0.2) is 0 Å². The van der Waals surface area contributed by atoms with Crippen molar-refractivity contribution < 1.29 is 9.90 Å². The SMILES string of the molecule is Cn1nccc1CCC1(C(=O)O)CCCCCC1. The van der Waals surface area contributed by atoms with E-state index in [1.54, 1.807) is 6.20 Å². The first kappa shape index (κ1) is 13.1. The summed E-state index contributed by atoms with van der Waals surface area (Å²) >= 11 is 0. The highest BCUT2D eigenvalue weighted by Crippen LogP contribution is 2.39. The third-order valence-electron chi connectivity index (χ3n) is 4.30. The van der Waals surface area contributed by atoms with Crippen molar-refractivity contribution >= 4 is 5.97 Å². The van der Waals surface area contributed by atoms with Gasteiger partial charge < -0.3 is 5.11 Å². The smallest absolute Gasteiger partial charge is 0.309 e. The first-order valence-electron chi connectivity index (χ1n) is 6.84. The normalized spacial score (nSPS) is 19.4. The van der Waals surface area contributed by atoms with Crippen molar-refractivity contribution in [2.24, 2.45) is 12.5 Å². The predicted octanol–water partition coefficient (Wildman–Crippen LogP) is 2.78. The molecule has 1 N–H and O–H groups in total. The predicted molar refractivity (Wildman–Crippen MR) is 69.3 cm³/mol. The van der Waals surface area contributed by atoms with Crippen LogP contribution < -0.4 is 0 Å². The van der Waals surface area contributed by atoms with E-state index in [0.29, 0.717) is 0 Å². The summed E-state index contributed by atoms with van der Waals surface area (Å²) in [5, 5.41) is 13.7. The Bertz CT molecular complexity index is 404. The number of hydrogen-bond donors (Lipinski definition) is 1. The van der Waals surface area contributed by atoms with Gasteiger partial charge in [-0.2, -0.15) is 5.10 Å². The molecule has 100 valence electrons. The number of hydrogen-bond acceptors (Lipinski definition) is 2. The molecule has 2 rings (SSSR count). The highest BCUT2D eigenvalue weighted by atomic mass is 16.4. The molecule has 1 aliphatic rings. The van der Waals surface area contributed by atoms with Crippen LogP contribution in [0.4, 0.5) is 0 Å². The minimum Gasteiger partial charge on any atom is -0.481 e. The Labute approximate surface area is 108 Å². The summed E-state index contributed by atoms with van der Waals surface area (Å²) in [5.41, 5.74) is 0.626. The molecule has 1 fully saturated rings. The van der Waals surface area contributed by atoms with Crippen molar-refractivity contribution in [2.45, 2.75) is 51.4 Å². The zero-order valence-electron chi connectivity index (χ0n) is 11.1. The highest BCUT2D eigenvalue weighted by Gasteiger charge is 2.38. The summed E-state index contributed by atoms with van der Waals surface area (Å²) in [5.74, 6) is -0.605. The second-order valence-corrected chi connectivity index (χ2v) is 5.45. The van der Waals surface area contributed by atoms with Gasteiger partial charge in [0.05, 0.1) is 5.41 Å². The van der Waals surface area contributed by atoms with E-state index in [4.69, 9.17) is 0 Å². The molecule has 0 saturated heterocycles. The van der Waals surface area contributed by atoms with Crippen molar-refractivity contribution in [2.75, 3.05) is 0 Å². The summed E-state index contributed by atoms with van der Waals surface area (Å²) in [7, 11) is 1.91. The lowest BCUT2D eigenvalue weighted by molar-refractivity contribution is -0.150. The molecule has 1 saturated carbocycles. The fourth-order valence-corrected chi connectivity index (χ4v) is 2.99. The van der Waals surface area contributed by atoms with E-state index in [-0.39, 0.29) is 0 Å². The number of aliphatic carboxylic acids is 1. The standard InChI is InChI=1S/C14H22N2O2/c1-16-12(7-11-15-16)6-10-14(13(17)18)8-4-2-3-5-9-14/h7,11H,2-6,8-10H2,1H3,(H,17,18). The first-order valence-corrected chi connectivity index (χ1v) is 6.84. The fourth-order valence-electron chi connectivity index (χ4n) is 2.99. The van der Waals surface area contributed by atoms with Gasteiger partial charge in [0.2, 0.25) is 0 Å². The van der Waals surface area contributed by atoms with Crippen LogP contribution in [0.2, 0.25) is 0 Å². The van der Waals surface area contributed by atoms with Crippen LogP contribution in [-0.4, -0.2) is 20.9 Å². The monoisotopic (exact) mass is 250 g/mol. The highest BCUT2D eigenvalue weighted by molar-refractivity contribution is 5.74. The van der Waals surface area contributed by atoms with Crippen LogP contribution in [0, 0.1) is 5.41 Å². The number of carbonyl (C=O) groups is 1. The summed E-state index contributed by atoms with van der Waals surface area (Å²) in [6.07, 6.45) is 9.46. The molecule has 0 amide bonds. The minimum atomic E-state index is -0.605. The number of aryl methyl sites for hydroxylation is 2. The van der Waals surface area contributed by atoms with Crippen molar-refractivity contribution in [1.29, 1.82) is 0 Å². The Morgan fingerprint density at radius 3 is 2.56 bits per heavy atom. The van der Waals surface area contributed by atoms with Gasteiger partial charge in [-0.05, 0) is 31.7 Å². The maximum Gasteiger partial charge on any atom is 0.309 e. The molecular formula is C14H22N2O2. The average Bonchev–Trinajstić information content (AvgIpc) is 2.63. The molecule has 1 heterocycles. The van der Waals surface area contributed by atoms with E-state index in [2.05, 4.69) is 5.10 Å². The van der Waals surface area contributed by atoms with Gasteiger partial charge in [-0.3, -0.25) is 9.48 Å². The number of aromatic nitrogens is 2. The fraction of sp³-hybridized carbons (Fsp3) is 0.714. The summed E-state index contributed by atoms with van der Waals surface area (Å²) < 4.78 is 1.84. The molecule has 0 bridgehead atoms. The maximum atomic E-state index is 11.7. The van der Waals surface area contributed by atoms with Gasteiger partial charge in [0.1, 0.15) is 0 Å². The zero-order valence-corrected chi connectivity index (χ0v) is 11.1. The van der Waals surface area contributed by atoms with Crippen LogP contribution >= 0.6 is 0 Å². The molecule has 4 nitrogen and oxygen atoms in total. The second kappa shape index (κ2) is 5.55. The lowest BCUT2D eigenvalue weighted by Gasteiger charge is -2.28. The van der Waals surface area contributed by atoms with E-state index < -0.39 is 11.4 Å². The molecule has 1 aromatic rings. The molecule has 0 aromatic carbocycles. The van der Waals surface area contributed by atoms with Crippen LogP contribution in [0.25, 0.3) is 0 Å². The first-order chi connectivity index (χ1) is 8.64. The van der Waals surface area contributed by atoms with Crippen LogP contribution in [0.5, 0.6) is 0 Å². The lowest BCUT2D eigenvalue weighted by atomic mass is 9.76. The molecule has 0 spiro atoms. The molecule has 18 heavy (non-hydrogen) atoms. The molecular weight excluding hydrogens is 228 g/mol. The van der Waals surface area contributed by atoms with Crippen LogP contribution in [0.3, 0.4) is 0 Å². The van der Waals surface area contributed by atoms with E-state index in [0.717, 1.165) is 44.2 Å². The van der Waals surface area contributed by atoms with Gasteiger partial charge in [0.25, 0.3) is 0 Å². The number of carboxylic acids is 1. The number of carboxylic acid groups (broad SMARTS) is 1. The molecule has 0 aliphatic heterocycles. The third kappa shape index (κ3) is 2.74. The largest absolute Gasteiger partial charge is 0.481 e. The Morgan fingerprint density at radius 1 is 1.39 bits per heavy atom. The topological polar surface area (TPSA) is 55.1 Å². The van der Waals surface area contributed by atoms with E-state index in [9.17, 15) is 9.90 Å². The average molecular weight is 250 g/mol. The van der Waals surface area contributed by atoms with Crippen molar-refractivity contribution in [3.63, 3.8) is 0 Å². The summed E-state index contributed by atoms with van der Waals surface area (Å²) in [6.45, 7) is 0. The Kier molecular flexibility index (Phi) is 4.04. The third-order valence-corrected chi connectivity index (χ3v) is 4.30. The summed E-state index contributed by atoms with van der Waals surface area (Å²) in [4.78, 5) is 11.7. The van der Waals surface area contributed by atoms with Crippen LogP contribution in [-0.2, 0) is 18.3 Å². The molecule has 0 radical (unpaired) electrons. The maximum absolute atomic E-state index is 11.7. The number of rotatable bonds is 4. The van der Waals surface area contributed by atoms with Gasteiger partial charge in [-0.15, -0.1) is 0 Å². The Balaban J connectivity index is 2.06. The Hall–Kier alpha value is -1.32. The van der Waals surface area contributed by atoms with Gasteiger partial charge in [-0.1, -0.05) is 25.7 Å².